The second-order valence-corrected chi connectivity index (χ2v) is 6.35. The van der Waals surface area contributed by atoms with Gasteiger partial charge in [-0.15, -0.1) is 0 Å². The number of benzene rings is 1. The van der Waals surface area contributed by atoms with Crippen molar-refractivity contribution in [1.29, 1.82) is 0 Å². The van der Waals surface area contributed by atoms with E-state index >= 15 is 0 Å². The summed E-state index contributed by atoms with van der Waals surface area (Å²) < 4.78 is 13.5. The summed E-state index contributed by atoms with van der Waals surface area (Å²) in [6, 6.07) is 4.87. The van der Waals surface area contributed by atoms with Gasteiger partial charge in [0, 0.05) is 32.0 Å². The van der Waals surface area contributed by atoms with Crippen molar-refractivity contribution in [2.24, 2.45) is 5.92 Å². The van der Waals surface area contributed by atoms with Crippen molar-refractivity contribution in [1.82, 2.24) is 10.2 Å². The third-order valence-electron chi connectivity index (χ3n) is 4.47. The van der Waals surface area contributed by atoms with Gasteiger partial charge in [-0.1, -0.05) is 12.1 Å². The minimum atomic E-state index is -0.991. The Bertz CT molecular complexity index is 654. The summed E-state index contributed by atoms with van der Waals surface area (Å²) in [5, 5.41) is 11.4. The van der Waals surface area contributed by atoms with Crippen LogP contribution in [0.1, 0.15) is 36.8 Å². The molecular formula is C18H23FN2O4. The van der Waals surface area contributed by atoms with Crippen molar-refractivity contribution in [3.63, 3.8) is 0 Å². The topological polar surface area (TPSA) is 86.7 Å². The lowest BCUT2D eigenvalue weighted by Crippen LogP contribution is -2.43. The lowest BCUT2D eigenvalue weighted by molar-refractivity contribution is -0.141. The summed E-state index contributed by atoms with van der Waals surface area (Å²) in [6.07, 6.45) is 0.914. The van der Waals surface area contributed by atoms with E-state index in [1.165, 1.54) is 6.07 Å². The highest BCUT2D eigenvalue weighted by Crippen LogP contribution is 2.19. The number of halogens is 1. The smallest absolute Gasteiger partial charge is 0.303 e. The molecular weight excluding hydrogens is 327 g/mol. The highest BCUT2D eigenvalue weighted by atomic mass is 19.1. The molecule has 2 rings (SSSR count). The normalized spacial score (nSPS) is 15.0. The number of amides is 2. The van der Waals surface area contributed by atoms with E-state index < -0.39 is 5.97 Å². The number of nitrogens with zero attached hydrogens (tertiary/aromatic N) is 1. The molecule has 1 aromatic carbocycles. The fourth-order valence-electron chi connectivity index (χ4n) is 2.84. The van der Waals surface area contributed by atoms with E-state index in [0.717, 1.165) is 0 Å². The number of rotatable bonds is 6. The number of likely N-dealkylation sites (tertiary alicyclic amines) is 1. The summed E-state index contributed by atoms with van der Waals surface area (Å²) in [5.74, 6) is -1.75. The first-order valence-electron chi connectivity index (χ1n) is 8.39. The SMILES string of the molecule is Cc1ccc(CNC(=O)C2CCN(C(=O)CCC(=O)O)CC2)cc1F. The van der Waals surface area contributed by atoms with Crippen molar-refractivity contribution >= 4 is 17.8 Å². The predicted octanol–water partition coefficient (Wildman–Crippen LogP) is 1.85. The molecule has 1 saturated heterocycles. The number of carbonyl (C=O) groups is 3. The number of carboxylic acid groups (broad SMARTS) is 1. The van der Waals surface area contributed by atoms with E-state index in [2.05, 4.69) is 5.32 Å². The van der Waals surface area contributed by atoms with Gasteiger partial charge in [-0.2, -0.15) is 0 Å². The van der Waals surface area contributed by atoms with Crippen LogP contribution in [0.15, 0.2) is 18.2 Å². The Kier molecular flexibility index (Phi) is 6.50. The fraction of sp³-hybridized carbons (Fsp3) is 0.500. The maximum absolute atomic E-state index is 13.5. The van der Waals surface area contributed by atoms with Gasteiger partial charge in [0.15, 0.2) is 0 Å². The molecule has 1 fully saturated rings. The summed E-state index contributed by atoms with van der Waals surface area (Å²) in [4.78, 5) is 36.2. The van der Waals surface area contributed by atoms with Crippen molar-refractivity contribution in [2.45, 2.75) is 39.2 Å². The Hall–Kier alpha value is -2.44. The van der Waals surface area contributed by atoms with E-state index in [1.54, 1.807) is 24.0 Å². The maximum atomic E-state index is 13.5. The predicted molar refractivity (Wildman–Crippen MR) is 89.2 cm³/mol. The first-order valence-corrected chi connectivity index (χ1v) is 8.39. The minimum absolute atomic E-state index is 0.00875. The van der Waals surface area contributed by atoms with Crippen LogP contribution in [0.4, 0.5) is 4.39 Å². The number of carbonyl (C=O) groups excluding carboxylic acids is 2. The monoisotopic (exact) mass is 350 g/mol. The zero-order chi connectivity index (χ0) is 18.4. The molecule has 136 valence electrons. The Balaban J connectivity index is 1.76. The third kappa shape index (κ3) is 5.55. The van der Waals surface area contributed by atoms with Gasteiger partial charge in [0.25, 0.3) is 0 Å². The van der Waals surface area contributed by atoms with Crippen LogP contribution in [0, 0.1) is 18.7 Å². The molecule has 1 aromatic rings. The molecule has 25 heavy (non-hydrogen) atoms. The minimum Gasteiger partial charge on any atom is -0.481 e. The Labute approximate surface area is 146 Å². The first kappa shape index (κ1) is 18.9. The molecule has 1 aliphatic rings. The van der Waals surface area contributed by atoms with Gasteiger partial charge in [-0.3, -0.25) is 14.4 Å². The van der Waals surface area contributed by atoms with Crippen LogP contribution in [-0.4, -0.2) is 40.9 Å². The molecule has 0 aromatic heterocycles. The molecule has 0 spiro atoms. The van der Waals surface area contributed by atoms with Gasteiger partial charge in [-0.05, 0) is 37.0 Å². The zero-order valence-corrected chi connectivity index (χ0v) is 14.3. The zero-order valence-electron chi connectivity index (χ0n) is 14.3. The molecule has 0 saturated carbocycles. The van der Waals surface area contributed by atoms with Gasteiger partial charge in [-0.25, -0.2) is 4.39 Å². The van der Waals surface area contributed by atoms with Gasteiger partial charge >= 0.3 is 5.97 Å². The number of aliphatic carboxylic acids is 1. The van der Waals surface area contributed by atoms with Crippen LogP contribution in [0.2, 0.25) is 0 Å². The molecule has 0 unspecified atom stereocenters. The molecule has 0 atom stereocenters. The maximum Gasteiger partial charge on any atom is 0.303 e. The second kappa shape index (κ2) is 8.60. The molecule has 1 heterocycles. The molecule has 0 radical (unpaired) electrons. The van der Waals surface area contributed by atoms with Crippen molar-refractivity contribution in [3.8, 4) is 0 Å². The Morgan fingerprint density at radius 2 is 1.92 bits per heavy atom. The highest BCUT2D eigenvalue weighted by molar-refractivity contribution is 5.82. The van der Waals surface area contributed by atoms with Crippen LogP contribution in [0.3, 0.4) is 0 Å². The summed E-state index contributed by atoms with van der Waals surface area (Å²) >= 11 is 0. The standard InChI is InChI=1S/C18H23FN2O4/c1-12-2-3-13(10-15(12)19)11-20-18(25)14-6-8-21(9-7-14)16(22)4-5-17(23)24/h2-3,10,14H,4-9,11H2,1H3,(H,20,25)(H,23,24). The fourth-order valence-corrected chi connectivity index (χ4v) is 2.84. The quantitative estimate of drug-likeness (QED) is 0.820. The molecule has 1 aliphatic heterocycles. The van der Waals surface area contributed by atoms with E-state index in [4.69, 9.17) is 5.11 Å². The van der Waals surface area contributed by atoms with Crippen molar-refractivity contribution < 1.29 is 23.9 Å². The van der Waals surface area contributed by atoms with E-state index in [0.29, 0.717) is 37.1 Å². The molecule has 7 heteroatoms. The van der Waals surface area contributed by atoms with Gasteiger partial charge < -0.3 is 15.3 Å². The van der Waals surface area contributed by atoms with E-state index in [-0.39, 0.29) is 42.9 Å². The number of carboxylic acids is 1. The lowest BCUT2D eigenvalue weighted by atomic mass is 9.95. The Morgan fingerprint density at radius 3 is 2.52 bits per heavy atom. The number of piperidine rings is 1. The average molecular weight is 350 g/mol. The largest absolute Gasteiger partial charge is 0.481 e. The van der Waals surface area contributed by atoms with Crippen LogP contribution >= 0.6 is 0 Å². The molecule has 6 nitrogen and oxygen atoms in total. The number of aryl methyl sites for hydroxylation is 1. The van der Waals surface area contributed by atoms with Crippen LogP contribution in [-0.2, 0) is 20.9 Å². The number of hydrogen-bond acceptors (Lipinski definition) is 3. The first-order chi connectivity index (χ1) is 11.9. The highest BCUT2D eigenvalue weighted by Gasteiger charge is 2.27. The Morgan fingerprint density at radius 1 is 1.24 bits per heavy atom. The second-order valence-electron chi connectivity index (χ2n) is 6.35. The number of hydrogen-bond donors (Lipinski definition) is 2. The molecule has 2 amide bonds. The van der Waals surface area contributed by atoms with E-state index in [9.17, 15) is 18.8 Å². The van der Waals surface area contributed by atoms with Gasteiger partial charge in [0.2, 0.25) is 11.8 Å². The van der Waals surface area contributed by atoms with E-state index in [1.807, 2.05) is 0 Å². The van der Waals surface area contributed by atoms with Gasteiger partial charge in [0.1, 0.15) is 5.82 Å². The van der Waals surface area contributed by atoms with Crippen LogP contribution < -0.4 is 5.32 Å². The van der Waals surface area contributed by atoms with Crippen molar-refractivity contribution in [3.05, 3.63) is 35.1 Å². The summed E-state index contributed by atoms with van der Waals surface area (Å²) in [6.45, 7) is 2.86. The summed E-state index contributed by atoms with van der Waals surface area (Å²) in [7, 11) is 0. The summed E-state index contributed by atoms with van der Waals surface area (Å²) in [5.41, 5.74) is 1.27. The lowest BCUT2D eigenvalue weighted by Gasteiger charge is -2.31. The third-order valence-corrected chi connectivity index (χ3v) is 4.47. The average Bonchev–Trinajstić information content (AvgIpc) is 2.60. The van der Waals surface area contributed by atoms with Crippen molar-refractivity contribution in [2.75, 3.05) is 13.1 Å². The molecule has 2 N–H and O–H groups in total. The molecule has 0 bridgehead atoms. The number of nitrogens with one attached hydrogen (secondary N) is 1. The van der Waals surface area contributed by atoms with Crippen LogP contribution in [0.25, 0.3) is 0 Å². The molecule has 0 aliphatic carbocycles. The van der Waals surface area contributed by atoms with Gasteiger partial charge in [0.05, 0.1) is 6.42 Å². The van der Waals surface area contributed by atoms with Crippen LogP contribution in [0.5, 0.6) is 0 Å².